The molecule has 1 aliphatic heterocycles. The fourth-order valence-corrected chi connectivity index (χ4v) is 1.63. The van der Waals surface area contributed by atoms with Crippen molar-refractivity contribution in [3.63, 3.8) is 0 Å². The maximum Gasteiger partial charge on any atom is 0.147 e. The Morgan fingerprint density at radius 3 is 2.47 bits per heavy atom. The van der Waals surface area contributed by atoms with Gasteiger partial charge >= 0.3 is 0 Å². The summed E-state index contributed by atoms with van der Waals surface area (Å²) < 4.78 is 0. The van der Waals surface area contributed by atoms with Crippen LogP contribution in [0, 0.1) is 0 Å². The molecular weight excluding hydrogens is 192 g/mol. The zero-order chi connectivity index (χ0) is 10.7. The van der Waals surface area contributed by atoms with Crippen LogP contribution in [0.2, 0.25) is 0 Å². The average molecular weight is 208 g/mol. The molecule has 1 aromatic heterocycles. The lowest BCUT2D eigenvalue weighted by Gasteiger charge is -2.32. The number of hydrogen-bond donors (Lipinski definition) is 1. The van der Waals surface area contributed by atoms with Gasteiger partial charge in [0.25, 0.3) is 0 Å². The van der Waals surface area contributed by atoms with E-state index in [1.54, 1.807) is 12.4 Å². The topological polar surface area (TPSA) is 52.5 Å². The third kappa shape index (κ3) is 2.43. The van der Waals surface area contributed by atoms with E-state index in [9.17, 15) is 0 Å². The van der Waals surface area contributed by atoms with Gasteiger partial charge in [-0.1, -0.05) is 0 Å². The third-order valence-corrected chi connectivity index (χ3v) is 2.68. The maximum atomic E-state index is 8.85. The van der Waals surface area contributed by atoms with Gasteiger partial charge in [-0.2, -0.15) is 0 Å². The van der Waals surface area contributed by atoms with Crippen molar-refractivity contribution >= 4 is 5.82 Å². The number of aliphatic hydroxyl groups excluding tert-OH is 1. The van der Waals surface area contributed by atoms with Crippen molar-refractivity contribution in [2.45, 2.75) is 6.61 Å². The number of piperazine rings is 1. The number of hydrogen-bond acceptors (Lipinski definition) is 5. The van der Waals surface area contributed by atoms with Crippen LogP contribution >= 0.6 is 0 Å². The second-order valence-corrected chi connectivity index (χ2v) is 3.81. The molecule has 0 saturated carbocycles. The molecular formula is C10H16N4O. The van der Waals surface area contributed by atoms with Crippen LogP contribution in [0.5, 0.6) is 0 Å². The summed E-state index contributed by atoms with van der Waals surface area (Å²) in [4.78, 5) is 12.9. The van der Waals surface area contributed by atoms with Gasteiger partial charge in [0, 0.05) is 26.2 Å². The first-order valence-corrected chi connectivity index (χ1v) is 5.15. The molecule has 1 aromatic rings. The molecule has 1 N–H and O–H groups in total. The van der Waals surface area contributed by atoms with E-state index >= 15 is 0 Å². The molecule has 15 heavy (non-hydrogen) atoms. The molecule has 0 radical (unpaired) electrons. The number of aromatic nitrogens is 2. The van der Waals surface area contributed by atoms with Crippen LogP contribution < -0.4 is 4.90 Å². The van der Waals surface area contributed by atoms with E-state index in [4.69, 9.17) is 5.11 Å². The van der Waals surface area contributed by atoms with E-state index in [0.29, 0.717) is 5.69 Å². The summed E-state index contributed by atoms with van der Waals surface area (Å²) >= 11 is 0. The standard InChI is InChI=1S/C10H16N4O/c1-13-2-4-14(5-3-13)10-7-11-9(8-15)6-12-10/h6-7,15H,2-5,8H2,1H3. The lowest BCUT2D eigenvalue weighted by Crippen LogP contribution is -2.44. The summed E-state index contributed by atoms with van der Waals surface area (Å²) in [6.07, 6.45) is 3.37. The van der Waals surface area contributed by atoms with Crippen molar-refractivity contribution in [2.75, 3.05) is 38.1 Å². The van der Waals surface area contributed by atoms with Crippen molar-refractivity contribution in [2.24, 2.45) is 0 Å². The molecule has 2 heterocycles. The summed E-state index contributed by atoms with van der Waals surface area (Å²) in [7, 11) is 2.12. The van der Waals surface area contributed by atoms with Gasteiger partial charge in [0.15, 0.2) is 0 Å². The van der Waals surface area contributed by atoms with E-state index in [2.05, 4.69) is 26.8 Å². The lowest BCUT2D eigenvalue weighted by atomic mass is 10.3. The number of rotatable bonds is 2. The first-order valence-electron chi connectivity index (χ1n) is 5.15. The van der Waals surface area contributed by atoms with E-state index < -0.39 is 0 Å². The van der Waals surface area contributed by atoms with Crippen molar-refractivity contribution in [3.8, 4) is 0 Å². The highest BCUT2D eigenvalue weighted by Crippen LogP contribution is 2.11. The number of nitrogens with zero attached hydrogens (tertiary/aromatic N) is 4. The predicted octanol–water partition coefficient (Wildman–Crippen LogP) is -0.279. The Morgan fingerprint density at radius 1 is 1.20 bits per heavy atom. The maximum absolute atomic E-state index is 8.85. The second kappa shape index (κ2) is 4.55. The number of likely N-dealkylation sites (N-methyl/N-ethyl adjacent to an activating group) is 1. The van der Waals surface area contributed by atoms with E-state index in [0.717, 1.165) is 32.0 Å². The molecule has 1 saturated heterocycles. The highest BCUT2D eigenvalue weighted by Gasteiger charge is 2.15. The van der Waals surface area contributed by atoms with Crippen LogP contribution in [0.3, 0.4) is 0 Å². The van der Waals surface area contributed by atoms with Gasteiger partial charge in [-0.3, -0.25) is 4.98 Å². The van der Waals surface area contributed by atoms with Crippen molar-refractivity contribution in [1.29, 1.82) is 0 Å². The molecule has 0 unspecified atom stereocenters. The molecule has 82 valence electrons. The van der Waals surface area contributed by atoms with Gasteiger partial charge in [-0.05, 0) is 7.05 Å². The molecule has 0 aliphatic carbocycles. The fourth-order valence-electron chi connectivity index (χ4n) is 1.63. The summed E-state index contributed by atoms with van der Waals surface area (Å²) in [5.41, 5.74) is 0.618. The van der Waals surface area contributed by atoms with Crippen molar-refractivity contribution < 1.29 is 5.11 Å². The van der Waals surface area contributed by atoms with Crippen LogP contribution in [-0.4, -0.2) is 53.2 Å². The van der Waals surface area contributed by atoms with Gasteiger partial charge in [0.05, 0.1) is 24.7 Å². The lowest BCUT2D eigenvalue weighted by molar-refractivity contribution is 0.276. The van der Waals surface area contributed by atoms with Gasteiger partial charge in [0.1, 0.15) is 5.82 Å². The van der Waals surface area contributed by atoms with Crippen molar-refractivity contribution in [1.82, 2.24) is 14.9 Å². The Labute approximate surface area is 89.4 Å². The zero-order valence-electron chi connectivity index (χ0n) is 8.93. The minimum atomic E-state index is -0.0456. The van der Waals surface area contributed by atoms with Crippen molar-refractivity contribution in [3.05, 3.63) is 18.1 Å². The fraction of sp³-hybridized carbons (Fsp3) is 0.600. The molecule has 5 heteroatoms. The molecule has 1 aliphatic rings. The molecule has 0 spiro atoms. The minimum Gasteiger partial charge on any atom is -0.390 e. The van der Waals surface area contributed by atoms with Gasteiger partial charge in [-0.15, -0.1) is 0 Å². The zero-order valence-corrected chi connectivity index (χ0v) is 8.93. The largest absolute Gasteiger partial charge is 0.390 e. The summed E-state index contributed by atoms with van der Waals surface area (Å²) in [6, 6.07) is 0. The molecule has 2 rings (SSSR count). The first-order chi connectivity index (χ1) is 7.29. The predicted molar refractivity (Wildman–Crippen MR) is 57.7 cm³/mol. The molecule has 0 amide bonds. The second-order valence-electron chi connectivity index (χ2n) is 3.81. The SMILES string of the molecule is CN1CCN(c2cnc(CO)cn2)CC1. The Morgan fingerprint density at radius 2 is 1.93 bits per heavy atom. The normalized spacial score (nSPS) is 18.1. The van der Waals surface area contributed by atoms with Gasteiger partial charge < -0.3 is 14.9 Å². The molecule has 1 fully saturated rings. The highest BCUT2D eigenvalue weighted by molar-refractivity contribution is 5.36. The van der Waals surface area contributed by atoms with E-state index in [1.165, 1.54) is 0 Å². The summed E-state index contributed by atoms with van der Waals surface area (Å²) in [5.74, 6) is 0.903. The Bertz CT molecular complexity index is 306. The Hall–Kier alpha value is -1.20. The molecule has 5 nitrogen and oxygen atoms in total. The smallest absolute Gasteiger partial charge is 0.147 e. The number of anilines is 1. The molecule has 0 atom stereocenters. The van der Waals surface area contributed by atoms with Crippen LogP contribution in [0.1, 0.15) is 5.69 Å². The first kappa shape index (κ1) is 10.3. The highest BCUT2D eigenvalue weighted by atomic mass is 16.3. The van der Waals surface area contributed by atoms with E-state index in [-0.39, 0.29) is 6.61 Å². The van der Waals surface area contributed by atoms with Crippen LogP contribution in [0.15, 0.2) is 12.4 Å². The quantitative estimate of drug-likeness (QED) is 0.724. The van der Waals surface area contributed by atoms with Crippen LogP contribution in [-0.2, 0) is 6.61 Å². The third-order valence-electron chi connectivity index (χ3n) is 2.68. The monoisotopic (exact) mass is 208 g/mol. The summed E-state index contributed by atoms with van der Waals surface area (Å²) in [5, 5.41) is 8.85. The van der Waals surface area contributed by atoms with Crippen LogP contribution in [0.25, 0.3) is 0 Å². The molecule has 0 bridgehead atoms. The van der Waals surface area contributed by atoms with E-state index in [1.807, 2.05) is 0 Å². The number of aliphatic hydroxyl groups is 1. The van der Waals surface area contributed by atoms with Gasteiger partial charge in [0.2, 0.25) is 0 Å². The average Bonchev–Trinajstić information content (AvgIpc) is 2.30. The Kier molecular flexibility index (Phi) is 3.13. The van der Waals surface area contributed by atoms with Crippen LogP contribution in [0.4, 0.5) is 5.82 Å². The summed E-state index contributed by atoms with van der Waals surface area (Å²) in [6.45, 7) is 4.05. The minimum absolute atomic E-state index is 0.0456. The van der Waals surface area contributed by atoms with Gasteiger partial charge in [-0.25, -0.2) is 4.98 Å². The molecule has 0 aromatic carbocycles. The Balaban J connectivity index is 2.03.